The van der Waals surface area contributed by atoms with Gasteiger partial charge >= 0.3 is 6.03 Å². The van der Waals surface area contributed by atoms with Crippen molar-refractivity contribution in [3.63, 3.8) is 0 Å². The fraction of sp³-hybridized carbons (Fsp3) is 0.261. The second-order valence-corrected chi connectivity index (χ2v) is 7.16. The van der Waals surface area contributed by atoms with E-state index >= 15 is 0 Å². The maximum Gasteiger partial charge on any atom is 0.322 e. The fourth-order valence-electron chi connectivity index (χ4n) is 3.93. The number of aryl methyl sites for hydroxylation is 1. The van der Waals surface area contributed by atoms with Crippen LogP contribution in [0.5, 0.6) is 0 Å². The lowest BCUT2D eigenvalue weighted by molar-refractivity contribution is 0.181. The molecule has 1 aromatic heterocycles. The van der Waals surface area contributed by atoms with E-state index in [-0.39, 0.29) is 12.1 Å². The zero-order valence-electron chi connectivity index (χ0n) is 16.1. The number of carbonyl (C=O) groups is 1. The summed E-state index contributed by atoms with van der Waals surface area (Å²) in [4.78, 5) is 15.3. The predicted octanol–water partition coefficient (Wildman–Crippen LogP) is 5.59. The predicted molar refractivity (Wildman–Crippen MR) is 109 cm³/mol. The third-order valence-corrected chi connectivity index (χ3v) is 5.58. The summed E-state index contributed by atoms with van der Waals surface area (Å²) < 4.78 is 2.22. The summed E-state index contributed by atoms with van der Waals surface area (Å²) in [7, 11) is 0. The van der Waals surface area contributed by atoms with Gasteiger partial charge in [-0.05, 0) is 61.2 Å². The zero-order chi connectivity index (χ0) is 19.0. The molecule has 0 unspecified atom stereocenters. The van der Waals surface area contributed by atoms with Crippen LogP contribution in [0.1, 0.15) is 41.8 Å². The van der Waals surface area contributed by atoms with Gasteiger partial charge in [0.15, 0.2) is 0 Å². The highest BCUT2D eigenvalue weighted by molar-refractivity contribution is 5.90. The second kappa shape index (κ2) is 6.95. The van der Waals surface area contributed by atoms with Crippen molar-refractivity contribution in [3.05, 3.63) is 83.2 Å². The molecule has 138 valence electrons. The molecule has 0 bridgehead atoms. The quantitative estimate of drug-likeness (QED) is 0.636. The SMILES string of the molecule is CC[C@@H]1c2cccn2-c2ccccc2CN1C(=O)Nc1cccc(C)c1C. The molecule has 4 heteroatoms. The summed E-state index contributed by atoms with van der Waals surface area (Å²) in [5.41, 5.74) is 6.62. The standard InChI is InChI=1S/C23H25N3O/c1-4-20-22-13-8-14-25(22)21-12-6-5-10-18(21)15-26(20)23(27)24-19-11-7-9-16(2)17(19)3/h5-14,20H,4,15H2,1-3H3,(H,24,27)/t20-/m1/s1. The van der Waals surface area contributed by atoms with Crippen LogP contribution in [0.4, 0.5) is 10.5 Å². The van der Waals surface area contributed by atoms with Crippen LogP contribution in [0.25, 0.3) is 5.69 Å². The monoisotopic (exact) mass is 359 g/mol. The number of urea groups is 1. The van der Waals surface area contributed by atoms with Crippen molar-refractivity contribution in [1.29, 1.82) is 0 Å². The van der Waals surface area contributed by atoms with Gasteiger partial charge in [-0.2, -0.15) is 0 Å². The number of carbonyl (C=O) groups excluding carboxylic acids is 1. The first-order chi connectivity index (χ1) is 13.1. The number of para-hydroxylation sites is 1. The number of hydrogen-bond acceptors (Lipinski definition) is 1. The highest BCUT2D eigenvalue weighted by atomic mass is 16.2. The fourth-order valence-corrected chi connectivity index (χ4v) is 3.93. The summed E-state index contributed by atoms with van der Waals surface area (Å²) in [6.07, 6.45) is 2.95. The summed E-state index contributed by atoms with van der Waals surface area (Å²) in [5, 5.41) is 3.14. The van der Waals surface area contributed by atoms with Crippen LogP contribution < -0.4 is 5.32 Å². The van der Waals surface area contributed by atoms with E-state index in [2.05, 4.69) is 66.3 Å². The molecule has 0 saturated carbocycles. The van der Waals surface area contributed by atoms with Crippen molar-refractivity contribution >= 4 is 11.7 Å². The Morgan fingerprint density at radius 3 is 2.70 bits per heavy atom. The number of benzene rings is 2. The van der Waals surface area contributed by atoms with Crippen LogP contribution in [0.3, 0.4) is 0 Å². The van der Waals surface area contributed by atoms with Crippen LogP contribution in [0, 0.1) is 13.8 Å². The van der Waals surface area contributed by atoms with E-state index in [1.165, 1.54) is 5.56 Å². The van der Waals surface area contributed by atoms with Gasteiger partial charge in [0.2, 0.25) is 0 Å². The molecular weight excluding hydrogens is 334 g/mol. The lowest BCUT2D eigenvalue weighted by Crippen LogP contribution is -2.37. The molecular formula is C23H25N3O. The van der Waals surface area contributed by atoms with E-state index in [0.717, 1.165) is 34.6 Å². The Morgan fingerprint density at radius 1 is 1.07 bits per heavy atom. The van der Waals surface area contributed by atoms with Gasteiger partial charge in [-0.3, -0.25) is 0 Å². The molecule has 1 N–H and O–H groups in total. The lowest BCUT2D eigenvalue weighted by atomic mass is 10.1. The first kappa shape index (κ1) is 17.4. The Kier molecular flexibility index (Phi) is 4.48. The van der Waals surface area contributed by atoms with Gasteiger partial charge in [-0.15, -0.1) is 0 Å². The molecule has 2 heterocycles. The number of anilines is 1. The smallest absolute Gasteiger partial charge is 0.318 e. The number of hydrogen-bond donors (Lipinski definition) is 1. The van der Waals surface area contributed by atoms with E-state index in [9.17, 15) is 4.79 Å². The van der Waals surface area contributed by atoms with E-state index in [0.29, 0.717) is 6.54 Å². The van der Waals surface area contributed by atoms with E-state index < -0.39 is 0 Å². The van der Waals surface area contributed by atoms with Crippen LogP contribution in [0.15, 0.2) is 60.8 Å². The molecule has 0 radical (unpaired) electrons. The Hall–Kier alpha value is -3.01. The minimum absolute atomic E-state index is 0.0255. The number of rotatable bonds is 2. The van der Waals surface area contributed by atoms with Gasteiger partial charge in [-0.25, -0.2) is 4.79 Å². The van der Waals surface area contributed by atoms with Gasteiger partial charge < -0.3 is 14.8 Å². The lowest BCUT2D eigenvalue weighted by Gasteiger charge is -2.30. The van der Waals surface area contributed by atoms with Crippen LogP contribution >= 0.6 is 0 Å². The second-order valence-electron chi connectivity index (χ2n) is 7.16. The maximum atomic E-state index is 13.3. The molecule has 27 heavy (non-hydrogen) atoms. The molecule has 3 aromatic rings. The van der Waals surface area contributed by atoms with Crippen molar-refractivity contribution in [2.45, 2.75) is 39.8 Å². The summed E-state index contributed by atoms with van der Waals surface area (Å²) in [6, 6.07) is 18.5. The van der Waals surface area contributed by atoms with Crippen molar-refractivity contribution in [3.8, 4) is 5.69 Å². The summed E-state index contributed by atoms with van der Waals surface area (Å²) in [5.74, 6) is 0. The Labute approximate surface area is 160 Å². The van der Waals surface area contributed by atoms with Crippen LogP contribution in [-0.4, -0.2) is 15.5 Å². The number of aromatic nitrogens is 1. The molecule has 0 aliphatic carbocycles. The van der Waals surface area contributed by atoms with Gasteiger partial charge in [0.25, 0.3) is 0 Å². The number of fused-ring (bicyclic) bond motifs is 3. The third-order valence-electron chi connectivity index (χ3n) is 5.58. The summed E-state index contributed by atoms with van der Waals surface area (Å²) in [6.45, 7) is 6.84. The topological polar surface area (TPSA) is 37.3 Å². The Morgan fingerprint density at radius 2 is 1.89 bits per heavy atom. The third kappa shape index (κ3) is 3.01. The van der Waals surface area contributed by atoms with Crippen LogP contribution in [-0.2, 0) is 6.54 Å². The molecule has 0 fully saturated rings. The molecule has 1 atom stereocenters. The van der Waals surface area contributed by atoms with Crippen molar-refractivity contribution in [2.24, 2.45) is 0 Å². The van der Waals surface area contributed by atoms with E-state index in [1.807, 2.05) is 30.0 Å². The molecule has 4 rings (SSSR count). The highest BCUT2D eigenvalue weighted by Gasteiger charge is 2.30. The maximum absolute atomic E-state index is 13.3. The van der Waals surface area contributed by atoms with Gasteiger partial charge in [0.1, 0.15) is 0 Å². The van der Waals surface area contributed by atoms with Gasteiger partial charge in [0.05, 0.1) is 18.3 Å². The molecule has 2 amide bonds. The largest absolute Gasteiger partial charge is 0.322 e. The first-order valence-electron chi connectivity index (χ1n) is 9.49. The number of nitrogens with one attached hydrogen (secondary N) is 1. The number of amides is 2. The number of nitrogens with zero attached hydrogens (tertiary/aromatic N) is 2. The van der Waals surface area contributed by atoms with Gasteiger partial charge in [-0.1, -0.05) is 37.3 Å². The Balaban J connectivity index is 1.74. The molecule has 0 saturated heterocycles. The zero-order valence-corrected chi connectivity index (χ0v) is 16.1. The molecule has 0 spiro atoms. The normalized spacial score (nSPS) is 15.7. The van der Waals surface area contributed by atoms with E-state index in [4.69, 9.17) is 0 Å². The first-order valence-corrected chi connectivity index (χ1v) is 9.49. The van der Waals surface area contributed by atoms with Crippen molar-refractivity contribution in [1.82, 2.24) is 9.47 Å². The van der Waals surface area contributed by atoms with E-state index in [1.54, 1.807) is 0 Å². The minimum atomic E-state index is -0.0556. The molecule has 4 nitrogen and oxygen atoms in total. The molecule has 1 aliphatic rings. The minimum Gasteiger partial charge on any atom is -0.318 e. The van der Waals surface area contributed by atoms with Gasteiger partial charge in [0, 0.05) is 17.6 Å². The highest BCUT2D eigenvalue weighted by Crippen LogP contribution is 2.34. The van der Waals surface area contributed by atoms with Crippen LogP contribution in [0.2, 0.25) is 0 Å². The Bertz CT molecular complexity index is 989. The average molecular weight is 359 g/mol. The van der Waals surface area contributed by atoms with Crippen molar-refractivity contribution < 1.29 is 4.79 Å². The van der Waals surface area contributed by atoms with Crippen molar-refractivity contribution in [2.75, 3.05) is 5.32 Å². The average Bonchev–Trinajstić information content (AvgIpc) is 3.10. The molecule has 1 aliphatic heterocycles. The molecule has 2 aromatic carbocycles. The summed E-state index contributed by atoms with van der Waals surface area (Å²) >= 11 is 0.